The van der Waals surface area contributed by atoms with E-state index in [0.29, 0.717) is 0 Å². The van der Waals surface area contributed by atoms with Gasteiger partial charge in [0.1, 0.15) is 0 Å². The molecule has 0 spiro atoms. The maximum absolute atomic E-state index is 2.61. The zero-order valence-corrected chi connectivity index (χ0v) is 21.8. The summed E-state index contributed by atoms with van der Waals surface area (Å²) >= 11 is -0.442. The van der Waals surface area contributed by atoms with Crippen molar-refractivity contribution < 1.29 is 47.6 Å². The molecule has 3 heteroatoms. The van der Waals surface area contributed by atoms with Gasteiger partial charge in [0, 0.05) is 0 Å². The first-order valence-electron chi connectivity index (χ1n) is 11.0. The third kappa shape index (κ3) is 4.33. The van der Waals surface area contributed by atoms with Crippen LogP contribution in [0.5, 0.6) is 0 Å². The molecule has 0 bridgehead atoms. The van der Waals surface area contributed by atoms with E-state index in [1.165, 1.54) is 38.5 Å². The zero-order valence-electron chi connectivity index (χ0n) is 17.8. The molecule has 153 valence electrons. The molecule has 0 saturated heterocycles. The fourth-order valence-corrected chi connectivity index (χ4v) is 11.3. The van der Waals surface area contributed by atoms with Crippen molar-refractivity contribution in [1.82, 2.24) is 0 Å². The minimum Gasteiger partial charge on any atom is -1.00 e. The second-order valence-corrected chi connectivity index (χ2v) is 13.8. The maximum atomic E-state index is 2.61. The van der Waals surface area contributed by atoms with Crippen LogP contribution in [0.3, 0.4) is 0 Å². The average Bonchev–Trinajstić information content (AvgIpc) is 3.21. The smallest absolute Gasteiger partial charge is 1.00 e. The molecule has 0 aromatic heterocycles. The van der Waals surface area contributed by atoms with Gasteiger partial charge in [-0.1, -0.05) is 0 Å². The largest absolute Gasteiger partial charge is 1.00 e. The fraction of sp³-hybridized carbons (Fsp3) is 0.640. The van der Waals surface area contributed by atoms with Gasteiger partial charge in [-0.05, 0) is 0 Å². The first kappa shape index (κ1) is 24.6. The topological polar surface area (TPSA) is 0 Å². The van der Waals surface area contributed by atoms with Gasteiger partial charge in [0.05, 0.1) is 0 Å². The molecular formula is C25H35Cl2Zr. The van der Waals surface area contributed by atoms with Gasteiger partial charge < -0.3 is 24.8 Å². The molecule has 4 aliphatic carbocycles. The van der Waals surface area contributed by atoms with E-state index in [1.54, 1.807) is 14.4 Å². The fourth-order valence-electron chi connectivity index (χ4n) is 6.71. The Kier molecular flexibility index (Phi) is 9.25. The molecule has 4 aliphatic rings. The summed E-state index contributed by atoms with van der Waals surface area (Å²) in [6.45, 7) is 9.60. The molecular weight excluding hydrogens is 462 g/mol. The van der Waals surface area contributed by atoms with E-state index in [0.717, 1.165) is 33.2 Å². The van der Waals surface area contributed by atoms with Crippen LogP contribution in [0.4, 0.5) is 0 Å². The molecule has 4 rings (SSSR count). The van der Waals surface area contributed by atoms with Gasteiger partial charge in [-0.2, -0.15) is 0 Å². The summed E-state index contributed by atoms with van der Waals surface area (Å²) < 4.78 is 2.83. The van der Waals surface area contributed by atoms with Gasteiger partial charge in [0.15, 0.2) is 0 Å². The van der Waals surface area contributed by atoms with E-state index < -0.39 is 22.8 Å². The number of halogens is 2. The van der Waals surface area contributed by atoms with Crippen LogP contribution in [0.2, 0.25) is 3.63 Å². The number of fused-ring (bicyclic) bond motifs is 3. The Morgan fingerprint density at radius 2 is 1.71 bits per heavy atom. The second kappa shape index (κ2) is 10.5. The molecule has 2 fully saturated rings. The van der Waals surface area contributed by atoms with Gasteiger partial charge in [0.25, 0.3) is 0 Å². The quantitative estimate of drug-likeness (QED) is 0.542. The van der Waals surface area contributed by atoms with Crippen LogP contribution in [0.1, 0.15) is 66.2 Å². The summed E-state index contributed by atoms with van der Waals surface area (Å²) in [5.74, 6) is 4.54. The van der Waals surface area contributed by atoms with Gasteiger partial charge >= 0.3 is 172 Å². The molecule has 0 nitrogen and oxygen atoms in total. The Morgan fingerprint density at radius 3 is 2.36 bits per heavy atom. The van der Waals surface area contributed by atoms with Gasteiger partial charge in [0.2, 0.25) is 0 Å². The third-order valence-corrected chi connectivity index (χ3v) is 11.7. The van der Waals surface area contributed by atoms with Crippen LogP contribution in [-0.4, -0.2) is 3.21 Å². The zero-order chi connectivity index (χ0) is 18.3. The first-order chi connectivity index (χ1) is 12.7. The molecule has 6 unspecified atom stereocenters. The van der Waals surface area contributed by atoms with Gasteiger partial charge in [-0.15, -0.1) is 0 Å². The second-order valence-electron chi connectivity index (χ2n) is 9.02. The van der Waals surface area contributed by atoms with Crippen molar-refractivity contribution in [3.63, 3.8) is 0 Å². The van der Waals surface area contributed by atoms with Gasteiger partial charge in [-0.3, -0.25) is 0 Å². The van der Waals surface area contributed by atoms with Crippen LogP contribution in [0, 0.1) is 29.6 Å². The van der Waals surface area contributed by atoms with E-state index in [1.807, 2.05) is 5.57 Å². The van der Waals surface area contributed by atoms with Crippen molar-refractivity contribution >= 4 is 3.21 Å². The SMILES string of the molecule is CCC1=CCC(C2CCCC3C4C=CC=CC4[CH]([Zr+2]=[C](C)C)C23)=C1CC.[Cl-].[Cl-]. The van der Waals surface area contributed by atoms with Crippen molar-refractivity contribution in [3.05, 3.63) is 47.1 Å². The molecule has 0 N–H and O–H groups in total. The van der Waals surface area contributed by atoms with Crippen LogP contribution in [0.25, 0.3) is 0 Å². The summed E-state index contributed by atoms with van der Waals surface area (Å²) in [4.78, 5) is 0. The number of allylic oxidation sites excluding steroid dienone is 8. The van der Waals surface area contributed by atoms with Crippen molar-refractivity contribution in [2.45, 2.75) is 69.8 Å². The molecule has 28 heavy (non-hydrogen) atoms. The van der Waals surface area contributed by atoms with E-state index in [4.69, 9.17) is 0 Å². The molecule has 0 heterocycles. The summed E-state index contributed by atoms with van der Waals surface area (Å²) in [6.07, 6.45) is 20.6. The van der Waals surface area contributed by atoms with Crippen molar-refractivity contribution in [3.8, 4) is 0 Å². The molecule has 0 radical (unpaired) electrons. The maximum Gasteiger partial charge on any atom is -1.00 e. The van der Waals surface area contributed by atoms with Gasteiger partial charge in [-0.25, -0.2) is 0 Å². The molecule has 2 saturated carbocycles. The van der Waals surface area contributed by atoms with E-state index >= 15 is 0 Å². The summed E-state index contributed by atoms with van der Waals surface area (Å²) in [5, 5.41) is 0. The van der Waals surface area contributed by atoms with Crippen LogP contribution in [0.15, 0.2) is 47.1 Å². The first-order valence-corrected chi connectivity index (χ1v) is 13.6. The molecule has 0 aromatic carbocycles. The monoisotopic (exact) mass is 495 g/mol. The van der Waals surface area contributed by atoms with Crippen molar-refractivity contribution in [2.75, 3.05) is 0 Å². The summed E-state index contributed by atoms with van der Waals surface area (Å²) in [5.41, 5.74) is 5.32. The van der Waals surface area contributed by atoms with E-state index in [9.17, 15) is 0 Å². The van der Waals surface area contributed by atoms with Crippen molar-refractivity contribution in [2.24, 2.45) is 29.6 Å². The van der Waals surface area contributed by atoms with Crippen LogP contribution < -0.4 is 24.8 Å². The number of hydrogen-bond acceptors (Lipinski definition) is 0. The average molecular weight is 498 g/mol. The summed E-state index contributed by atoms with van der Waals surface area (Å²) in [6, 6.07) is 0. The molecule has 6 atom stereocenters. The molecule has 0 amide bonds. The Bertz CT molecular complexity index is 708. The third-order valence-electron chi connectivity index (χ3n) is 7.54. The van der Waals surface area contributed by atoms with E-state index in [-0.39, 0.29) is 24.8 Å². The molecule has 0 aliphatic heterocycles. The van der Waals surface area contributed by atoms with Crippen molar-refractivity contribution in [1.29, 1.82) is 0 Å². The number of rotatable bonds is 4. The Hall–Kier alpha value is 0.293. The van der Waals surface area contributed by atoms with E-state index in [2.05, 4.69) is 58.1 Å². The minimum absolute atomic E-state index is 0. The Balaban J connectivity index is 0.00000140. The normalized spacial score (nSPS) is 35.4. The van der Waals surface area contributed by atoms with Crippen LogP contribution >= 0.6 is 0 Å². The minimum atomic E-state index is -0.442. The predicted molar refractivity (Wildman–Crippen MR) is 110 cm³/mol. The van der Waals surface area contributed by atoms with Crippen LogP contribution in [-0.2, 0) is 22.8 Å². The Morgan fingerprint density at radius 1 is 1.00 bits per heavy atom. The summed E-state index contributed by atoms with van der Waals surface area (Å²) in [7, 11) is 0. The standard InChI is InChI=1S/C22H29.C3H6.2ClH.Zr/c1-3-15-12-13-21(17(15)4-2)20-11-7-10-19-18-9-6-5-8-16(18)14-22(19)20;1-3-2;;;/h5-6,8-9,12,14,16,18-20,22H,3-4,7,10-11,13H2,1-2H3;1-2H3;2*1H;/q;;;;+2/p-2. The molecule has 0 aromatic rings. The number of hydrogen-bond donors (Lipinski definition) is 0. The Labute approximate surface area is 196 Å². The predicted octanol–water partition coefficient (Wildman–Crippen LogP) is 0.929.